The van der Waals surface area contributed by atoms with Crippen LogP contribution >= 0.6 is 11.3 Å². The van der Waals surface area contributed by atoms with Crippen LogP contribution in [0.3, 0.4) is 0 Å². The van der Waals surface area contributed by atoms with Gasteiger partial charge < -0.3 is 5.32 Å². The fourth-order valence-corrected chi connectivity index (χ4v) is 3.37. The lowest BCUT2D eigenvalue weighted by molar-refractivity contribution is -0.137. The van der Waals surface area contributed by atoms with Crippen molar-refractivity contribution in [2.45, 2.75) is 12.6 Å². The van der Waals surface area contributed by atoms with Gasteiger partial charge >= 0.3 is 6.18 Å². The molecule has 0 spiro atoms. The second kappa shape index (κ2) is 7.70. The lowest BCUT2D eigenvalue weighted by Crippen LogP contribution is -2.24. The second-order valence-electron chi connectivity index (χ2n) is 5.60. The molecule has 26 heavy (non-hydrogen) atoms. The fraction of sp³-hybridized carbons (Fsp3) is 0.158. The summed E-state index contributed by atoms with van der Waals surface area (Å²) >= 11 is 1.36. The highest BCUT2D eigenvalue weighted by Gasteiger charge is 2.30. The van der Waals surface area contributed by atoms with E-state index in [4.69, 9.17) is 0 Å². The van der Waals surface area contributed by atoms with Gasteiger partial charge in [-0.25, -0.2) is 0 Å². The van der Waals surface area contributed by atoms with Crippen LogP contribution in [0.1, 0.15) is 20.8 Å². The molecule has 0 bridgehead atoms. The molecule has 0 aliphatic heterocycles. The number of carbonyl (C=O) groups excluding carboxylic acids is 1. The lowest BCUT2D eigenvalue weighted by atomic mass is 10.1. The van der Waals surface area contributed by atoms with Crippen LogP contribution in [0.25, 0.3) is 10.4 Å². The van der Waals surface area contributed by atoms with E-state index < -0.39 is 11.7 Å². The predicted molar refractivity (Wildman–Crippen MR) is 95.0 cm³/mol. The number of benzene rings is 1. The maximum Gasteiger partial charge on any atom is 0.416 e. The third kappa shape index (κ3) is 4.49. The van der Waals surface area contributed by atoms with Crippen LogP contribution in [0.2, 0.25) is 0 Å². The van der Waals surface area contributed by atoms with Crippen molar-refractivity contribution < 1.29 is 18.0 Å². The van der Waals surface area contributed by atoms with E-state index in [0.29, 0.717) is 16.9 Å². The van der Waals surface area contributed by atoms with Crippen molar-refractivity contribution in [1.82, 2.24) is 10.3 Å². The molecule has 0 radical (unpaired) electrons. The molecule has 1 N–H and O–H groups in total. The number of amides is 1. The van der Waals surface area contributed by atoms with Gasteiger partial charge in [-0.1, -0.05) is 18.2 Å². The summed E-state index contributed by atoms with van der Waals surface area (Å²) in [6.07, 6.45) is -0.661. The number of halogens is 3. The SMILES string of the molecule is O=C(NCCc1cccc(C(F)(F)F)c1)c1ccc(-c2ccncc2)s1. The van der Waals surface area contributed by atoms with Crippen molar-refractivity contribution in [1.29, 1.82) is 0 Å². The Morgan fingerprint density at radius 3 is 2.58 bits per heavy atom. The Bertz CT molecular complexity index is 891. The van der Waals surface area contributed by atoms with Crippen LogP contribution in [0.4, 0.5) is 13.2 Å². The molecule has 1 amide bonds. The summed E-state index contributed by atoms with van der Waals surface area (Å²) in [6, 6.07) is 12.5. The van der Waals surface area contributed by atoms with Crippen molar-refractivity contribution in [3.63, 3.8) is 0 Å². The summed E-state index contributed by atoms with van der Waals surface area (Å²) in [5, 5.41) is 2.75. The van der Waals surface area contributed by atoms with Crippen LogP contribution in [0.5, 0.6) is 0 Å². The van der Waals surface area contributed by atoms with Crippen molar-refractivity contribution in [3.8, 4) is 10.4 Å². The number of hydrogen-bond donors (Lipinski definition) is 1. The van der Waals surface area contributed by atoms with Crippen molar-refractivity contribution in [2.24, 2.45) is 0 Å². The zero-order valence-corrected chi connectivity index (χ0v) is 14.4. The Hall–Kier alpha value is -2.67. The topological polar surface area (TPSA) is 42.0 Å². The van der Waals surface area contributed by atoms with Crippen LogP contribution in [-0.4, -0.2) is 17.4 Å². The minimum atomic E-state index is -4.36. The smallest absolute Gasteiger partial charge is 0.351 e. The number of nitrogens with one attached hydrogen (secondary N) is 1. The highest BCUT2D eigenvalue weighted by Crippen LogP contribution is 2.30. The van der Waals surface area contributed by atoms with E-state index in [9.17, 15) is 18.0 Å². The summed E-state index contributed by atoms with van der Waals surface area (Å²) < 4.78 is 38.1. The summed E-state index contributed by atoms with van der Waals surface area (Å²) in [7, 11) is 0. The zero-order chi connectivity index (χ0) is 18.6. The van der Waals surface area contributed by atoms with Gasteiger partial charge in [-0.3, -0.25) is 9.78 Å². The first kappa shape index (κ1) is 18.1. The van der Waals surface area contributed by atoms with Gasteiger partial charge in [0.05, 0.1) is 10.4 Å². The fourth-order valence-electron chi connectivity index (χ4n) is 2.44. The first-order valence-corrected chi connectivity index (χ1v) is 8.70. The number of nitrogens with zero attached hydrogens (tertiary/aromatic N) is 1. The molecule has 2 aromatic heterocycles. The van der Waals surface area contributed by atoms with E-state index in [-0.39, 0.29) is 12.5 Å². The molecule has 0 fully saturated rings. The number of carbonyl (C=O) groups is 1. The van der Waals surface area contributed by atoms with Gasteiger partial charge in [-0.05, 0) is 47.9 Å². The first-order chi connectivity index (χ1) is 12.4. The molecule has 0 saturated carbocycles. The van der Waals surface area contributed by atoms with Gasteiger partial charge in [-0.15, -0.1) is 11.3 Å². The average molecular weight is 376 g/mol. The van der Waals surface area contributed by atoms with Crippen LogP contribution in [0, 0.1) is 0 Å². The molecule has 0 aliphatic rings. The van der Waals surface area contributed by atoms with Crippen LogP contribution in [0.15, 0.2) is 60.9 Å². The van der Waals surface area contributed by atoms with Gasteiger partial charge in [-0.2, -0.15) is 13.2 Å². The Balaban J connectivity index is 1.58. The quantitative estimate of drug-likeness (QED) is 0.695. The minimum absolute atomic E-state index is 0.234. The maximum absolute atomic E-state index is 12.7. The summed E-state index contributed by atoms with van der Waals surface area (Å²) in [6.45, 7) is 0.267. The predicted octanol–water partition coefficient (Wildman–Crippen LogP) is 4.80. The van der Waals surface area contributed by atoms with E-state index in [2.05, 4.69) is 10.3 Å². The number of pyridine rings is 1. The standard InChI is InChI=1S/C19H15F3N2OS/c20-19(21,22)15-3-1-2-13(12-15)6-11-24-18(25)17-5-4-16(26-17)14-7-9-23-10-8-14/h1-5,7-10,12H,6,11H2,(H,24,25). The van der Waals surface area contributed by atoms with Gasteiger partial charge in [0.2, 0.25) is 0 Å². The van der Waals surface area contributed by atoms with Gasteiger partial charge in [0.25, 0.3) is 5.91 Å². The molecule has 0 atom stereocenters. The molecule has 1 aromatic carbocycles. The van der Waals surface area contributed by atoms with Gasteiger partial charge in [0.1, 0.15) is 0 Å². The van der Waals surface area contributed by atoms with Crippen LogP contribution < -0.4 is 5.32 Å². The molecular weight excluding hydrogens is 361 g/mol. The third-order valence-corrected chi connectivity index (χ3v) is 4.88. The van der Waals surface area contributed by atoms with E-state index in [1.807, 2.05) is 18.2 Å². The molecule has 3 nitrogen and oxygen atoms in total. The average Bonchev–Trinajstić information content (AvgIpc) is 3.12. The number of hydrogen-bond acceptors (Lipinski definition) is 3. The molecule has 3 aromatic rings. The van der Waals surface area contributed by atoms with Crippen molar-refractivity contribution >= 4 is 17.2 Å². The molecule has 134 valence electrons. The second-order valence-corrected chi connectivity index (χ2v) is 6.69. The zero-order valence-electron chi connectivity index (χ0n) is 13.6. The van der Waals surface area contributed by atoms with E-state index in [0.717, 1.165) is 22.6 Å². The maximum atomic E-state index is 12.7. The normalized spacial score (nSPS) is 11.3. The summed E-state index contributed by atoms with van der Waals surface area (Å²) in [4.78, 5) is 17.7. The van der Waals surface area contributed by atoms with Crippen LogP contribution in [-0.2, 0) is 12.6 Å². The lowest BCUT2D eigenvalue weighted by Gasteiger charge is -2.09. The Kier molecular flexibility index (Phi) is 5.37. The summed E-state index contributed by atoms with van der Waals surface area (Å²) in [5.74, 6) is -0.234. The Morgan fingerprint density at radius 2 is 1.85 bits per heavy atom. The largest absolute Gasteiger partial charge is 0.416 e. The van der Waals surface area contributed by atoms with E-state index >= 15 is 0 Å². The van der Waals surface area contributed by atoms with Crippen molar-refractivity contribution in [2.75, 3.05) is 6.54 Å². The minimum Gasteiger partial charge on any atom is -0.351 e. The van der Waals surface area contributed by atoms with Gasteiger partial charge in [0.15, 0.2) is 0 Å². The highest BCUT2D eigenvalue weighted by molar-refractivity contribution is 7.17. The number of rotatable bonds is 5. The molecule has 0 aliphatic carbocycles. The number of aromatic nitrogens is 1. The molecule has 7 heteroatoms. The summed E-state index contributed by atoms with van der Waals surface area (Å²) in [5.41, 5.74) is 0.832. The molecule has 0 unspecified atom stereocenters. The first-order valence-electron chi connectivity index (χ1n) is 7.88. The molecule has 3 rings (SSSR count). The van der Waals surface area contributed by atoms with E-state index in [1.165, 1.54) is 17.4 Å². The van der Waals surface area contributed by atoms with Gasteiger partial charge in [0, 0.05) is 23.8 Å². The Morgan fingerprint density at radius 1 is 1.08 bits per heavy atom. The Labute approximate surface area is 152 Å². The monoisotopic (exact) mass is 376 g/mol. The third-order valence-electron chi connectivity index (χ3n) is 3.75. The highest BCUT2D eigenvalue weighted by atomic mass is 32.1. The number of alkyl halides is 3. The van der Waals surface area contributed by atoms with Crippen molar-refractivity contribution in [3.05, 3.63) is 76.9 Å². The molecule has 0 saturated heterocycles. The molecular formula is C19H15F3N2OS. The number of thiophene rings is 1. The molecule has 2 heterocycles. The van der Waals surface area contributed by atoms with E-state index in [1.54, 1.807) is 24.5 Å².